The molecule has 0 aliphatic carbocycles. The molecular weight excluding hydrogens is 443 g/mol. The quantitative estimate of drug-likeness (QED) is 0.110. The van der Waals surface area contributed by atoms with Crippen molar-refractivity contribution in [1.82, 2.24) is 10.6 Å². The molecule has 0 saturated carbocycles. The number of methoxy groups -OCH3 is 1. The minimum absolute atomic E-state index is 0. The zero-order chi connectivity index (χ0) is 17.6. The van der Waals surface area contributed by atoms with Crippen molar-refractivity contribution < 1.29 is 19.5 Å². The van der Waals surface area contributed by atoms with Gasteiger partial charge in [0.15, 0.2) is 5.96 Å². The first-order valence-electron chi connectivity index (χ1n) is 7.60. The number of aliphatic hydroxyl groups excluding tert-OH is 1. The van der Waals surface area contributed by atoms with Gasteiger partial charge < -0.3 is 25.2 Å². The Morgan fingerprint density at radius 3 is 2.40 bits per heavy atom. The van der Waals surface area contributed by atoms with E-state index < -0.39 is 4.92 Å². The zero-order valence-corrected chi connectivity index (χ0v) is 16.5. The monoisotopic (exact) mass is 468 g/mol. The number of nitro benzene ring substituents is 1. The van der Waals surface area contributed by atoms with Gasteiger partial charge in [0.05, 0.1) is 37.9 Å². The van der Waals surface area contributed by atoms with Crippen LogP contribution in [0, 0.1) is 10.1 Å². The first-order valence-corrected chi connectivity index (χ1v) is 7.60. The summed E-state index contributed by atoms with van der Waals surface area (Å²) in [6, 6.07) is 6.27. The number of nitrogens with one attached hydrogen (secondary N) is 2. The molecule has 0 fully saturated rings. The van der Waals surface area contributed by atoms with Crippen LogP contribution >= 0.6 is 24.0 Å². The number of hydrogen-bond donors (Lipinski definition) is 3. The molecule has 1 rings (SSSR count). The fourth-order valence-electron chi connectivity index (χ4n) is 1.75. The number of rotatable bonds is 11. The van der Waals surface area contributed by atoms with Crippen LogP contribution in [0.25, 0.3) is 0 Å². The molecule has 0 unspecified atom stereocenters. The maximum Gasteiger partial charge on any atom is 0.269 e. The number of hydrogen-bond acceptors (Lipinski definition) is 6. The van der Waals surface area contributed by atoms with E-state index in [1.807, 2.05) is 0 Å². The lowest BCUT2D eigenvalue weighted by molar-refractivity contribution is -0.384. The third-order valence-corrected chi connectivity index (χ3v) is 2.94. The maximum atomic E-state index is 10.6. The normalized spacial score (nSPS) is 10.9. The van der Waals surface area contributed by atoms with Crippen molar-refractivity contribution in [3.05, 3.63) is 39.9 Å². The Hall–Kier alpha value is -1.50. The Balaban J connectivity index is 0.00000576. The molecule has 142 valence electrons. The van der Waals surface area contributed by atoms with Crippen molar-refractivity contribution in [2.75, 3.05) is 46.6 Å². The number of benzene rings is 1. The van der Waals surface area contributed by atoms with Gasteiger partial charge in [0.25, 0.3) is 5.69 Å². The third-order valence-electron chi connectivity index (χ3n) is 2.94. The van der Waals surface area contributed by atoms with Gasteiger partial charge in [-0.2, -0.15) is 0 Å². The molecule has 10 heteroatoms. The number of nitrogens with zero attached hydrogens (tertiary/aromatic N) is 2. The van der Waals surface area contributed by atoms with Crippen LogP contribution in [0.15, 0.2) is 29.3 Å². The molecule has 1 aromatic carbocycles. The third kappa shape index (κ3) is 10.9. The fraction of sp³-hybridized carbons (Fsp3) is 0.533. The first-order chi connectivity index (χ1) is 11.7. The number of non-ortho nitro benzene ring substituents is 1. The van der Waals surface area contributed by atoms with E-state index in [2.05, 4.69) is 15.6 Å². The van der Waals surface area contributed by atoms with Gasteiger partial charge >= 0.3 is 0 Å². The van der Waals surface area contributed by atoms with Gasteiger partial charge in [0.1, 0.15) is 0 Å². The lowest BCUT2D eigenvalue weighted by atomic mass is 10.2. The van der Waals surface area contributed by atoms with Crippen molar-refractivity contribution in [3.8, 4) is 0 Å². The molecule has 25 heavy (non-hydrogen) atoms. The Kier molecular flexibility index (Phi) is 13.9. The van der Waals surface area contributed by atoms with Gasteiger partial charge in [-0.25, -0.2) is 4.99 Å². The van der Waals surface area contributed by atoms with Crippen molar-refractivity contribution in [2.24, 2.45) is 4.99 Å². The highest BCUT2D eigenvalue weighted by atomic mass is 127. The van der Waals surface area contributed by atoms with E-state index in [0.717, 1.165) is 5.56 Å². The number of aliphatic imine (C=N–C) groups is 1. The summed E-state index contributed by atoms with van der Waals surface area (Å²) in [5, 5.41) is 25.5. The standard InChI is InChI=1S/C15H24N4O5.HI/c1-23-9-6-16-15(17-7-10-24-11-8-20)18-12-13-2-4-14(5-3-13)19(21)22;/h2-5,20H,6-12H2,1H3,(H2,16,17,18);1H. The average molecular weight is 468 g/mol. The van der Waals surface area contributed by atoms with Crippen molar-refractivity contribution in [3.63, 3.8) is 0 Å². The maximum absolute atomic E-state index is 10.6. The van der Waals surface area contributed by atoms with Crippen molar-refractivity contribution >= 4 is 35.6 Å². The molecule has 0 aromatic heterocycles. The van der Waals surface area contributed by atoms with Gasteiger partial charge in [0, 0.05) is 32.3 Å². The number of halogens is 1. The summed E-state index contributed by atoms with van der Waals surface area (Å²) < 4.78 is 10.2. The highest BCUT2D eigenvalue weighted by Gasteiger charge is 2.04. The van der Waals surface area contributed by atoms with E-state index in [-0.39, 0.29) is 36.3 Å². The molecule has 0 heterocycles. The van der Waals surface area contributed by atoms with E-state index in [1.54, 1.807) is 19.2 Å². The molecule has 0 aliphatic heterocycles. The molecule has 0 spiro atoms. The van der Waals surface area contributed by atoms with E-state index in [9.17, 15) is 10.1 Å². The summed E-state index contributed by atoms with van der Waals surface area (Å²) in [6.45, 7) is 2.81. The van der Waals surface area contributed by atoms with Gasteiger partial charge in [-0.3, -0.25) is 10.1 Å². The molecule has 0 bridgehead atoms. The van der Waals surface area contributed by atoms with Crippen LogP contribution in [-0.2, 0) is 16.0 Å². The van der Waals surface area contributed by atoms with Crippen LogP contribution in [0.5, 0.6) is 0 Å². The summed E-state index contributed by atoms with van der Waals surface area (Å²) in [7, 11) is 1.62. The van der Waals surface area contributed by atoms with Crippen molar-refractivity contribution in [2.45, 2.75) is 6.54 Å². The largest absolute Gasteiger partial charge is 0.394 e. The fourth-order valence-corrected chi connectivity index (χ4v) is 1.75. The topological polar surface area (TPSA) is 118 Å². The average Bonchev–Trinajstić information content (AvgIpc) is 2.59. The molecular formula is C15H25IN4O5. The smallest absolute Gasteiger partial charge is 0.269 e. The SMILES string of the molecule is COCCNC(=NCc1ccc([N+](=O)[O-])cc1)NCCOCCO.I. The number of aliphatic hydroxyl groups is 1. The molecule has 0 atom stereocenters. The van der Waals surface area contributed by atoms with Gasteiger partial charge in [-0.1, -0.05) is 12.1 Å². The Morgan fingerprint density at radius 2 is 1.84 bits per heavy atom. The van der Waals surface area contributed by atoms with Crippen molar-refractivity contribution in [1.29, 1.82) is 0 Å². The van der Waals surface area contributed by atoms with Crippen LogP contribution in [0.4, 0.5) is 5.69 Å². The molecule has 0 saturated heterocycles. The van der Waals surface area contributed by atoms with Gasteiger partial charge in [-0.05, 0) is 5.56 Å². The van der Waals surface area contributed by atoms with Gasteiger partial charge in [-0.15, -0.1) is 24.0 Å². The highest BCUT2D eigenvalue weighted by Crippen LogP contribution is 2.12. The summed E-state index contributed by atoms with van der Waals surface area (Å²) in [6.07, 6.45) is 0. The van der Waals surface area contributed by atoms with Gasteiger partial charge in [0.2, 0.25) is 0 Å². The van der Waals surface area contributed by atoms with Crippen LogP contribution in [0.3, 0.4) is 0 Å². The summed E-state index contributed by atoms with van der Waals surface area (Å²) >= 11 is 0. The molecule has 0 radical (unpaired) electrons. The second-order valence-electron chi connectivity index (χ2n) is 4.77. The summed E-state index contributed by atoms with van der Waals surface area (Å²) in [5.74, 6) is 0.595. The van der Waals surface area contributed by atoms with Crippen LogP contribution in [0.2, 0.25) is 0 Å². The van der Waals surface area contributed by atoms with E-state index in [4.69, 9.17) is 14.6 Å². The number of guanidine groups is 1. The van der Waals surface area contributed by atoms with Crippen LogP contribution in [-0.4, -0.2) is 62.6 Å². The zero-order valence-electron chi connectivity index (χ0n) is 14.1. The van der Waals surface area contributed by atoms with E-state index >= 15 is 0 Å². The Labute approximate surface area is 164 Å². The lowest BCUT2D eigenvalue weighted by Crippen LogP contribution is -2.40. The van der Waals surface area contributed by atoms with E-state index in [0.29, 0.717) is 45.4 Å². The van der Waals surface area contributed by atoms with Crippen LogP contribution in [0.1, 0.15) is 5.56 Å². The van der Waals surface area contributed by atoms with E-state index in [1.165, 1.54) is 12.1 Å². The summed E-state index contributed by atoms with van der Waals surface area (Å²) in [5.41, 5.74) is 0.922. The minimum atomic E-state index is -0.432. The molecule has 0 aliphatic rings. The lowest BCUT2D eigenvalue weighted by Gasteiger charge is -2.12. The Morgan fingerprint density at radius 1 is 1.20 bits per heavy atom. The predicted octanol–water partition coefficient (Wildman–Crippen LogP) is 0.903. The number of nitro groups is 1. The second kappa shape index (κ2) is 14.8. The Bertz CT molecular complexity index is 513. The predicted molar refractivity (Wildman–Crippen MR) is 105 cm³/mol. The first kappa shape index (κ1) is 23.5. The van der Waals surface area contributed by atoms with Crippen LogP contribution < -0.4 is 10.6 Å². The molecule has 9 nitrogen and oxygen atoms in total. The second-order valence-corrected chi connectivity index (χ2v) is 4.77. The number of ether oxygens (including phenoxy) is 2. The summed E-state index contributed by atoms with van der Waals surface area (Å²) in [4.78, 5) is 14.6. The molecule has 1 aromatic rings. The minimum Gasteiger partial charge on any atom is -0.394 e. The molecule has 3 N–H and O–H groups in total. The molecule has 0 amide bonds. The highest BCUT2D eigenvalue weighted by molar-refractivity contribution is 14.0.